The third-order valence-electron chi connectivity index (χ3n) is 12.1. The van der Waals surface area contributed by atoms with Crippen LogP contribution in [0.2, 0.25) is 0 Å². The summed E-state index contributed by atoms with van der Waals surface area (Å²) >= 11 is 0. The lowest BCUT2D eigenvalue weighted by Crippen LogP contribution is -2.03. The second kappa shape index (κ2) is 15.5. The minimum atomic E-state index is -0.319. The lowest BCUT2D eigenvalue weighted by Gasteiger charge is -2.17. The number of hydrogen-bond donors (Lipinski definition) is 0. The van der Waals surface area contributed by atoms with Crippen molar-refractivity contribution in [1.29, 1.82) is 0 Å². The van der Waals surface area contributed by atoms with Crippen molar-refractivity contribution in [2.45, 2.75) is 41.5 Å². The van der Waals surface area contributed by atoms with Crippen LogP contribution in [0.15, 0.2) is 164 Å². The Morgan fingerprint density at radius 1 is 0.371 bits per heavy atom. The number of aromatic nitrogens is 4. The van der Waals surface area contributed by atoms with Gasteiger partial charge in [-0.05, 0) is 122 Å². The molecular weight excluding hydrogens is 760 g/mol. The zero-order valence-corrected chi connectivity index (χ0v) is 35.8. The van der Waals surface area contributed by atoms with Crippen LogP contribution in [0, 0.1) is 47.4 Å². The third-order valence-corrected chi connectivity index (χ3v) is 12.1. The monoisotopic (exact) mass is 804 g/mol. The van der Waals surface area contributed by atoms with Gasteiger partial charge in [-0.25, -0.2) is 19.3 Å². The molecular formula is C57H45FN4. The van der Waals surface area contributed by atoms with Crippen LogP contribution >= 0.6 is 0 Å². The van der Waals surface area contributed by atoms with Gasteiger partial charge in [0, 0.05) is 38.7 Å². The molecule has 4 nitrogen and oxygen atoms in total. The molecule has 0 aliphatic heterocycles. The van der Waals surface area contributed by atoms with Crippen LogP contribution in [-0.2, 0) is 0 Å². The van der Waals surface area contributed by atoms with E-state index in [0.717, 1.165) is 49.7 Å². The highest BCUT2D eigenvalue weighted by Crippen LogP contribution is 2.42. The predicted molar refractivity (Wildman–Crippen MR) is 255 cm³/mol. The summed E-state index contributed by atoms with van der Waals surface area (Å²) in [7, 11) is 0. The summed E-state index contributed by atoms with van der Waals surface area (Å²) in [6, 6.07) is 55.8. The Morgan fingerprint density at radius 3 is 1.31 bits per heavy atom. The number of hydrogen-bond acceptors (Lipinski definition) is 3. The van der Waals surface area contributed by atoms with Crippen molar-refractivity contribution in [1.82, 2.24) is 19.5 Å². The van der Waals surface area contributed by atoms with Gasteiger partial charge in [-0.15, -0.1) is 0 Å². The van der Waals surface area contributed by atoms with E-state index in [-0.39, 0.29) is 5.82 Å². The molecule has 10 aromatic rings. The van der Waals surface area contributed by atoms with E-state index in [9.17, 15) is 0 Å². The van der Waals surface area contributed by atoms with Crippen molar-refractivity contribution in [2.24, 2.45) is 0 Å². The molecule has 62 heavy (non-hydrogen) atoms. The fourth-order valence-electron chi connectivity index (χ4n) is 9.58. The van der Waals surface area contributed by atoms with E-state index in [1.54, 1.807) is 6.07 Å². The van der Waals surface area contributed by atoms with Crippen LogP contribution in [0.3, 0.4) is 0 Å². The lowest BCUT2D eigenvalue weighted by atomic mass is 9.92. The average Bonchev–Trinajstić information content (AvgIpc) is 3.59. The molecule has 0 atom stereocenters. The molecule has 0 N–H and O–H groups in total. The van der Waals surface area contributed by atoms with E-state index >= 15 is 4.39 Å². The Kier molecular flexibility index (Phi) is 9.68. The summed E-state index contributed by atoms with van der Waals surface area (Å²) in [6.07, 6.45) is 0. The topological polar surface area (TPSA) is 43.6 Å². The fourth-order valence-corrected chi connectivity index (χ4v) is 9.58. The van der Waals surface area contributed by atoms with E-state index in [4.69, 9.17) is 15.0 Å². The first-order valence-corrected chi connectivity index (χ1v) is 21.1. The number of benzene rings is 8. The molecule has 2 aromatic heterocycles. The van der Waals surface area contributed by atoms with Gasteiger partial charge < -0.3 is 4.57 Å². The summed E-state index contributed by atoms with van der Waals surface area (Å²) in [4.78, 5) is 15.3. The summed E-state index contributed by atoms with van der Waals surface area (Å²) in [6.45, 7) is 13.1. The van der Waals surface area contributed by atoms with E-state index in [1.807, 2.05) is 78.9 Å². The minimum absolute atomic E-state index is 0.319. The first-order valence-electron chi connectivity index (χ1n) is 21.1. The number of aryl methyl sites for hydroxylation is 6. The van der Waals surface area contributed by atoms with Crippen LogP contribution < -0.4 is 0 Å². The molecule has 0 unspecified atom stereocenters. The summed E-state index contributed by atoms with van der Waals surface area (Å²) in [5, 5.41) is 2.29. The zero-order valence-electron chi connectivity index (χ0n) is 35.8. The quantitative estimate of drug-likeness (QED) is 0.161. The molecule has 0 radical (unpaired) electrons. The summed E-state index contributed by atoms with van der Waals surface area (Å²) < 4.78 is 18.3. The van der Waals surface area contributed by atoms with Crippen LogP contribution in [-0.4, -0.2) is 19.5 Å². The molecule has 300 valence electrons. The average molecular weight is 805 g/mol. The van der Waals surface area contributed by atoms with E-state index in [0.29, 0.717) is 34.2 Å². The standard InChI is InChI=1S/C57H45FN4/c1-34-27-36(3)53(37(4)28-34)42-21-24-47-48-25-22-43(54-38(5)29-35(2)30-39(54)6)32-52(48)62(51(47)31-42)44-23-26-45(46-19-13-14-20-50(46)58)49(33-44)57-60-55(40-15-9-7-10-16-40)59-56(61-57)41-17-11-8-12-18-41/h7-33H,1-6H3. The molecule has 0 amide bonds. The van der Waals surface area contributed by atoms with Gasteiger partial charge in [0.05, 0.1) is 11.0 Å². The van der Waals surface area contributed by atoms with Crippen LogP contribution in [0.25, 0.3) is 95.0 Å². The molecule has 10 rings (SSSR count). The van der Waals surface area contributed by atoms with E-state index in [2.05, 4.69) is 119 Å². The molecule has 2 heterocycles. The van der Waals surface area contributed by atoms with Crippen molar-refractivity contribution < 1.29 is 4.39 Å². The highest BCUT2D eigenvalue weighted by molar-refractivity contribution is 6.11. The van der Waals surface area contributed by atoms with Crippen molar-refractivity contribution in [3.63, 3.8) is 0 Å². The molecule has 0 saturated heterocycles. The molecule has 0 aliphatic carbocycles. The van der Waals surface area contributed by atoms with Gasteiger partial charge in [0.15, 0.2) is 17.5 Å². The van der Waals surface area contributed by atoms with Gasteiger partial charge in [-0.3, -0.25) is 0 Å². The maximum Gasteiger partial charge on any atom is 0.164 e. The number of halogens is 1. The van der Waals surface area contributed by atoms with Gasteiger partial charge in [0.2, 0.25) is 0 Å². The molecule has 0 saturated carbocycles. The second-order valence-corrected chi connectivity index (χ2v) is 16.6. The Labute approximate surface area is 362 Å². The zero-order chi connectivity index (χ0) is 42.6. The number of fused-ring (bicyclic) bond motifs is 3. The van der Waals surface area contributed by atoms with Crippen molar-refractivity contribution in [3.8, 4) is 73.2 Å². The Morgan fingerprint density at radius 2 is 0.823 bits per heavy atom. The predicted octanol–water partition coefficient (Wildman–Crippen LogP) is 15.0. The first kappa shape index (κ1) is 38.7. The van der Waals surface area contributed by atoms with Crippen molar-refractivity contribution in [2.75, 3.05) is 0 Å². The van der Waals surface area contributed by atoms with Crippen LogP contribution in [0.4, 0.5) is 4.39 Å². The summed E-state index contributed by atoms with van der Waals surface area (Å²) in [5.41, 5.74) is 18.9. The maximum absolute atomic E-state index is 16.0. The molecule has 0 fully saturated rings. The minimum Gasteiger partial charge on any atom is -0.309 e. The second-order valence-electron chi connectivity index (χ2n) is 16.6. The van der Waals surface area contributed by atoms with E-state index < -0.39 is 0 Å². The van der Waals surface area contributed by atoms with Crippen molar-refractivity contribution in [3.05, 3.63) is 203 Å². The van der Waals surface area contributed by atoms with Crippen molar-refractivity contribution >= 4 is 21.8 Å². The SMILES string of the molecule is Cc1cc(C)c(-c2ccc3c4ccc(-c5c(C)cc(C)cc5C)cc4n(-c4ccc(-c5ccccc5F)c(-c5nc(-c6ccccc6)nc(-c6ccccc6)n5)c4)c3c2)c(C)c1. The number of nitrogens with zero attached hydrogens (tertiary/aromatic N) is 4. The third kappa shape index (κ3) is 6.86. The molecule has 5 heteroatoms. The first-order chi connectivity index (χ1) is 30.1. The Bertz CT molecular complexity index is 3150. The van der Waals surface area contributed by atoms with Gasteiger partial charge in [0.25, 0.3) is 0 Å². The van der Waals surface area contributed by atoms with Crippen LogP contribution in [0.5, 0.6) is 0 Å². The normalized spacial score (nSPS) is 11.5. The summed E-state index contributed by atoms with van der Waals surface area (Å²) in [5.74, 6) is 1.22. The largest absolute Gasteiger partial charge is 0.309 e. The van der Waals surface area contributed by atoms with Crippen LogP contribution in [0.1, 0.15) is 33.4 Å². The smallest absolute Gasteiger partial charge is 0.164 e. The van der Waals surface area contributed by atoms with Gasteiger partial charge >= 0.3 is 0 Å². The van der Waals surface area contributed by atoms with E-state index in [1.165, 1.54) is 50.6 Å². The lowest BCUT2D eigenvalue weighted by molar-refractivity contribution is 0.631. The molecule has 0 aliphatic rings. The van der Waals surface area contributed by atoms with Gasteiger partial charge in [-0.1, -0.05) is 145 Å². The molecule has 0 spiro atoms. The fraction of sp³-hybridized carbons (Fsp3) is 0.105. The highest BCUT2D eigenvalue weighted by Gasteiger charge is 2.22. The number of rotatable bonds is 7. The molecule has 0 bridgehead atoms. The molecule has 8 aromatic carbocycles. The highest BCUT2D eigenvalue weighted by atomic mass is 19.1. The van der Waals surface area contributed by atoms with Gasteiger partial charge in [-0.2, -0.15) is 0 Å². The Hall–Kier alpha value is -7.50. The Balaban J connectivity index is 1.29. The maximum atomic E-state index is 16.0. The van der Waals surface area contributed by atoms with Gasteiger partial charge in [0.1, 0.15) is 5.82 Å².